The number of hydrogen-bond donors (Lipinski definition) is 1. The second-order valence-corrected chi connectivity index (χ2v) is 7.27. The van der Waals surface area contributed by atoms with Gasteiger partial charge >= 0.3 is 6.09 Å². The highest BCUT2D eigenvalue weighted by Crippen LogP contribution is 2.31. The van der Waals surface area contributed by atoms with E-state index in [9.17, 15) is 4.79 Å². The van der Waals surface area contributed by atoms with Gasteiger partial charge in [0.2, 0.25) is 5.95 Å². The lowest BCUT2D eigenvalue weighted by Gasteiger charge is -2.34. The number of likely N-dealkylation sites (tertiary alicyclic amines) is 1. The molecule has 0 saturated carbocycles. The van der Waals surface area contributed by atoms with Gasteiger partial charge in [-0.3, -0.25) is 0 Å². The topological polar surface area (TPSA) is 112 Å². The highest BCUT2D eigenvalue weighted by Gasteiger charge is 2.29. The number of piperidine rings is 1. The molecule has 28 heavy (non-hydrogen) atoms. The summed E-state index contributed by atoms with van der Waals surface area (Å²) in [4.78, 5) is 24.9. The number of nitrogens with zero attached hydrogens (tertiary/aromatic N) is 6. The SMILES string of the molecule is CCOC(=O)N1CCC(n2ncc3c(N4CCOC[C@@H]4C)nc(N)nc32)CC1. The summed E-state index contributed by atoms with van der Waals surface area (Å²) in [6, 6.07) is 0.370. The van der Waals surface area contributed by atoms with Gasteiger partial charge in [-0.15, -0.1) is 0 Å². The van der Waals surface area contributed by atoms with Crippen molar-refractivity contribution in [1.29, 1.82) is 0 Å². The molecule has 0 aliphatic carbocycles. The molecule has 2 aromatic heterocycles. The van der Waals surface area contributed by atoms with Gasteiger partial charge in [-0.05, 0) is 26.7 Å². The summed E-state index contributed by atoms with van der Waals surface area (Å²) < 4.78 is 12.6. The van der Waals surface area contributed by atoms with E-state index in [-0.39, 0.29) is 24.1 Å². The number of hydrogen-bond acceptors (Lipinski definition) is 8. The molecule has 2 aromatic rings. The third kappa shape index (κ3) is 3.44. The molecule has 0 unspecified atom stereocenters. The molecule has 2 saturated heterocycles. The Morgan fingerprint density at radius 1 is 1.32 bits per heavy atom. The van der Waals surface area contributed by atoms with E-state index in [0.717, 1.165) is 36.2 Å². The maximum Gasteiger partial charge on any atom is 0.409 e. The van der Waals surface area contributed by atoms with E-state index in [1.165, 1.54) is 0 Å². The second kappa shape index (κ2) is 7.78. The van der Waals surface area contributed by atoms with Crippen molar-refractivity contribution in [3.8, 4) is 0 Å². The number of anilines is 2. The predicted octanol–water partition coefficient (Wildman–Crippen LogP) is 1.43. The van der Waals surface area contributed by atoms with Gasteiger partial charge in [0.25, 0.3) is 0 Å². The predicted molar refractivity (Wildman–Crippen MR) is 104 cm³/mol. The molecule has 0 bridgehead atoms. The second-order valence-electron chi connectivity index (χ2n) is 7.27. The molecule has 2 aliphatic heterocycles. The maximum absolute atomic E-state index is 11.9. The number of nitrogen functional groups attached to an aromatic ring is 1. The highest BCUT2D eigenvalue weighted by molar-refractivity contribution is 5.88. The fourth-order valence-electron chi connectivity index (χ4n) is 3.96. The van der Waals surface area contributed by atoms with Gasteiger partial charge in [0.15, 0.2) is 5.65 Å². The van der Waals surface area contributed by atoms with E-state index in [4.69, 9.17) is 15.2 Å². The van der Waals surface area contributed by atoms with E-state index >= 15 is 0 Å². The van der Waals surface area contributed by atoms with Crippen LogP contribution in [-0.2, 0) is 9.47 Å². The number of morpholine rings is 1. The van der Waals surface area contributed by atoms with E-state index in [1.54, 1.807) is 4.90 Å². The fraction of sp³-hybridized carbons (Fsp3) is 0.667. The van der Waals surface area contributed by atoms with Crippen molar-refractivity contribution >= 4 is 28.9 Å². The van der Waals surface area contributed by atoms with Crippen LogP contribution in [0.15, 0.2) is 6.20 Å². The quantitative estimate of drug-likeness (QED) is 0.839. The zero-order valence-corrected chi connectivity index (χ0v) is 16.4. The normalized spacial score (nSPS) is 21.3. The van der Waals surface area contributed by atoms with Crippen LogP contribution in [0.1, 0.15) is 32.7 Å². The fourth-order valence-corrected chi connectivity index (χ4v) is 3.96. The van der Waals surface area contributed by atoms with Crippen LogP contribution in [0.25, 0.3) is 11.0 Å². The average molecular weight is 389 g/mol. The van der Waals surface area contributed by atoms with Gasteiger partial charge in [0, 0.05) is 19.6 Å². The Labute approximate surface area is 163 Å². The Balaban J connectivity index is 1.59. The summed E-state index contributed by atoms with van der Waals surface area (Å²) in [7, 11) is 0. The standard InChI is InChI=1S/C18H27N7O3/c1-3-28-18(26)23-6-4-13(5-7-23)25-16-14(10-20-25)15(21-17(19)22-16)24-8-9-27-11-12(24)2/h10,12-13H,3-9,11H2,1-2H3,(H2,19,21,22)/t12-/m0/s1. The van der Waals surface area contributed by atoms with Gasteiger partial charge in [-0.25, -0.2) is 9.48 Å². The Bertz CT molecular complexity index is 847. The molecule has 1 atom stereocenters. The van der Waals surface area contributed by atoms with Gasteiger partial charge in [-0.2, -0.15) is 15.1 Å². The van der Waals surface area contributed by atoms with Crippen LogP contribution in [0.4, 0.5) is 16.6 Å². The molecule has 4 rings (SSSR count). The molecule has 1 amide bonds. The van der Waals surface area contributed by atoms with Crippen LogP contribution >= 0.6 is 0 Å². The molecule has 0 radical (unpaired) electrons. The van der Waals surface area contributed by atoms with E-state index < -0.39 is 0 Å². The monoisotopic (exact) mass is 389 g/mol. The molecule has 2 aliphatic rings. The van der Waals surface area contributed by atoms with Crippen LogP contribution in [0.5, 0.6) is 0 Å². The summed E-state index contributed by atoms with van der Waals surface area (Å²) in [5.41, 5.74) is 6.78. The summed E-state index contributed by atoms with van der Waals surface area (Å²) in [5, 5.41) is 5.51. The molecule has 152 valence electrons. The lowest BCUT2D eigenvalue weighted by Crippen LogP contribution is -2.44. The van der Waals surface area contributed by atoms with Crippen LogP contribution in [-0.4, -0.2) is 76.2 Å². The minimum absolute atomic E-state index is 0.160. The van der Waals surface area contributed by atoms with Crippen molar-refractivity contribution in [3.05, 3.63) is 6.20 Å². The van der Waals surface area contributed by atoms with E-state index in [1.807, 2.05) is 17.8 Å². The minimum Gasteiger partial charge on any atom is -0.450 e. The van der Waals surface area contributed by atoms with Crippen molar-refractivity contribution in [2.45, 2.75) is 38.8 Å². The number of fused-ring (bicyclic) bond motifs is 1. The molecular formula is C18H27N7O3. The first-order valence-corrected chi connectivity index (χ1v) is 9.85. The van der Waals surface area contributed by atoms with Gasteiger partial charge in [0.1, 0.15) is 5.82 Å². The number of carbonyl (C=O) groups excluding carboxylic acids is 1. The zero-order chi connectivity index (χ0) is 19.7. The van der Waals surface area contributed by atoms with Crippen LogP contribution in [0.3, 0.4) is 0 Å². The van der Waals surface area contributed by atoms with Crippen LogP contribution < -0.4 is 10.6 Å². The molecule has 4 heterocycles. The van der Waals surface area contributed by atoms with Crippen molar-refractivity contribution in [1.82, 2.24) is 24.6 Å². The lowest BCUT2D eigenvalue weighted by molar-refractivity contribution is 0.0919. The Morgan fingerprint density at radius 3 is 2.82 bits per heavy atom. The summed E-state index contributed by atoms with van der Waals surface area (Å²) >= 11 is 0. The van der Waals surface area contributed by atoms with E-state index in [0.29, 0.717) is 32.9 Å². The average Bonchev–Trinajstić information content (AvgIpc) is 3.12. The van der Waals surface area contributed by atoms with Gasteiger partial charge in [-0.1, -0.05) is 0 Å². The summed E-state index contributed by atoms with van der Waals surface area (Å²) in [6.07, 6.45) is 3.16. The third-order valence-corrected chi connectivity index (χ3v) is 5.43. The Kier molecular flexibility index (Phi) is 5.21. The van der Waals surface area contributed by atoms with Gasteiger partial charge < -0.3 is 25.0 Å². The first-order chi connectivity index (χ1) is 13.6. The van der Waals surface area contributed by atoms with E-state index in [2.05, 4.69) is 26.9 Å². The minimum atomic E-state index is -0.249. The molecule has 0 aromatic carbocycles. The lowest BCUT2D eigenvalue weighted by atomic mass is 10.1. The number of ether oxygens (including phenoxy) is 2. The van der Waals surface area contributed by atoms with Crippen LogP contribution in [0.2, 0.25) is 0 Å². The number of amides is 1. The largest absolute Gasteiger partial charge is 0.450 e. The molecule has 0 spiro atoms. The molecule has 10 heteroatoms. The van der Waals surface area contributed by atoms with Gasteiger partial charge in [0.05, 0.1) is 43.5 Å². The highest BCUT2D eigenvalue weighted by atomic mass is 16.6. The number of carbonyl (C=O) groups is 1. The molecule has 2 fully saturated rings. The van der Waals surface area contributed by atoms with Crippen molar-refractivity contribution in [2.75, 3.05) is 50.1 Å². The first kappa shape index (κ1) is 18.7. The summed E-state index contributed by atoms with van der Waals surface area (Å²) in [6.45, 7) is 7.67. The summed E-state index contributed by atoms with van der Waals surface area (Å²) in [5.74, 6) is 1.06. The molecule has 2 N–H and O–H groups in total. The smallest absolute Gasteiger partial charge is 0.409 e. The number of nitrogens with two attached hydrogens (primary N) is 1. The zero-order valence-electron chi connectivity index (χ0n) is 16.4. The van der Waals surface area contributed by atoms with Crippen molar-refractivity contribution in [2.24, 2.45) is 0 Å². The van der Waals surface area contributed by atoms with Crippen molar-refractivity contribution in [3.63, 3.8) is 0 Å². The number of rotatable bonds is 3. The first-order valence-electron chi connectivity index (χ1n) is 9.85. The molecule has 10 nitrogen and oxygen atoms in total. The molecular weight excluding hydrogens is 362 g/mol. The Hall–Kier alpha value is -2.62. The van der Waals surface area contributed by atoms with Crippen molar-refractivity contribution < 1.29 is 14.3 Å². The Morgan fingerprint density at radius 2 is 2.11 bits per heavy atom. The van der Waals surface area contributed by atoms with Crippen LogP contribution in [0, 0.1) is 0 Å². The third-order valence-electron chi connectivity index (χ3n) is 5.43. The number of aromatic nitrogens is 4. The maximum atomic E-state index is 11.9.